The van der Waals surface area contributed by atoms with Crippen molar-refractivity contribution in [2.75, 3.05) is 18.8 Å². The topological polar surface area (TPSA) is 49.4 Å². The molecule has 22 heavy (non-hydrogen) atoms. The van der Waals surface area contributed by atoms with Crippen molar-refractivity contribution >= 4 is 35.2 Å². The fraction of sp³-hybridized carbons (Fsp3) is 0.500. The monoisotopic (exact) mass is 340 g/mol. The van der Waals surface area contributed by atoms with E-state index in [-0.39, 0.29) is 17.9 Å². The number of nitrogens with one attached hydrogen (secondary N) is 1. The lowest BCUT2D eigenvalue weighted by Crippen LogP contribution is -2.45. The van der Waals surface area contributed by atoms with E-state index in [4.69, 9.17) is 11.6 Å². The maximum atomic E-state index is 12.0. The quantitative estimate of drug-likeness (QED) is 0.613. The highest BCUT2D eigenvalue weighted by molar-refractivity contribution is 7.99. The summed E-state index contributed by atoms with van der Waals surface area (Å²) in [5.41, 5.74) is 0. The van der Waals surface area contributed by atoms with Gasteiger partial charge in [-0.2, -0.15) is 0 Å². The second-order valence-corrected chi connectivity index (χ2v) is 6.92. The molecule has 1 saturated heterocycles. The van der Waals surface area contributed by atoms with Gasteiger partial charge in [-0.3, -0.25) is 9.59 Å². The van der Waals surface area contributed by atoms with Crippen LogP contribution in [0.3, 0.4) is 0 Å². The van der Waals surface area contributed by atoms with Gasteiger partial charge in [0.1, 0.15) is 6.04 Å². The molecule has 120 valence electrons. The number of benzene rings is 1. The molecule has 2 amide bonds. The SMILES string of the molecule is CC(C(=O)NCCCSc1ccc(Cl)cc1)N1CCCC1=O. The van der Waals surface area contributed by atoms with Crippen LogP contribution in [0.2, 0.25) is 5.02 Å². The van der Waals surface area contributed by atoms with Crippen molar-refractivity contribution in [2.24, 2.45) is 0 Å². The van der Waals surface area contributed by atoms with Gasteiger partial charge in [-0.25, -0.2) is 0 Å². The molecule has 0 bridgehead atoms. The van der Waals surface area contributed by atoms with Crippen molar-refractivity contribution in [3.05, 3.63) is 29.3 Å². The molecule has 0 spiro atoms. The van der Waals surface area contributed by atoms with E-state index in [1.54, 1.807) is 23.6 Å². The van der Waals surface area contributed by atoms with Crippen molar-refractivity contribution in [1.82, 2.24) is 10.2 Å². The van der Waals surface area contributed by atoms with Gasteiger partial charge in [0.25, 0.3) is 0 Å². The van der Waals surface area contributed by atoms with E-state index in [0.717, 1.165) is 23.6 Å². The predicted octanol–water partition coefficient (Wildman–Crippen LogP) is 2.95. The van der Waals surface area contributed by atoms with E-state index >= 15 is 0 Å². The van der Waals surface area contributed by atoms with E-state index in [0.29, 0.717) is 19.5 Å². The zero-order valence-corrected chi connectivity index (χ0v) is 14.3. The van der Waals surface area contributed by atoms with Crippen molar-refractivity contribution < 1.29 is 9.59 Å². The second kappa shape index (κ2) is 8.44. The Bertz CT molecular complexity index is 521. The molecule has 0 saturated carbocycles. The molecule has 1 aliphatic heterocycles. The number of hydrogen-bond donors (Lipinski definition) is 1. The van der Waals surface area contributed by atoms with Crippen LogP contribution < -0.4 is 5.32 Å². The summed E-state index contributed by atoms with van der Waals surface area (Å²) in [6, 6.07) is 7.37. The van der Waals surface area contributed by atoms with Gasteiger partial charge in [-0.15, -0.1) is 11.8 Å². The Morgan fingerprint density at radius 2 is 2.14 bits per heavy atom. The Balaban J connectivity index is 1.62. The minimum Gasteiger partial charge on any atom is -0.354 e. The van der Waals surface area contributed by atoms with Crippen molar-refractivity contribution in [3.63, 3.8) is 0 Å². The number of nitrogens with zero attached hydrogens (tertiary/aromatic N) is 1. The number of amides is 2. The number of thioether (sulfide) groups is 1. The van der Waals surface area contributed by atoms with Gasteiger partial charge in [0.05, 0.1) is 0 Å². The van der Waals surface area contributed by atoms with E-state index in [2.05, 4.69) is 5.32 Å². The molecule has 0 radical (unpaired) electrons. The van der Waals surface area contributed by atoms with E-state index in [1.165, 1.54) is 4.90 Å². The summed E-state index contributed by atoms with van der Waals surface area (Å²) in [7, 11) is 0. The number of carbonyl (C=O) groups is 2. The Kier molecular flexibility index (Phi) is 6.58. The molecule has 1 N–H and O–H groups in total. The summed E-state index contributed by atoms with van der Waals surface area (Å²) in [6.45, 7) is 3.12. The molecule has 1 heterocycles. The first kappa shape index (κ1) is 17.2. The summed E-state index contributed by atoms with van der Waals surface area (Å²) >= 11 is 7.58. The van der Waals surface area contributed by atoms with Gasteiger partial charge < -0.3 is 10.2 Å². The summed E-state index contributed by atoms with van der Waals surface area (Å²) in [4.78, 5) is 26.5. The largest absolute Gasteiger partial charge is 0.354 e. The van der Waals surface area contributed by atoms with E-state index < -0.39 is 0 Å². The maximum absolute atomic E-state index is 12.0. The number of hydrogen-bond acceptors (Lipinski definition) is 3. The maximum Gasteiger partial charge on any atom is 0.242 e. The Morgan fingerprint density at radius 1 is 1.41 bits per heavy atom. The lowest BCUT2D eigenvalue weighted by atomic mass is 10.2. The number of carbonyl (C=O) groups excluding carboxylic acids is 2. The highest BCUT2D eigenvalue weighted by atomic mass is 35.5. The van der Waals surface area contributed by atoms with Gasteiger partial charge in [-0.05, 0) is 49.8 Å². The standard InChI is InChI=1S/C16H21ClN2O2S/c1-12(19-10-2-4-15(19)20)16(21)18-9-3-11-22-14-7-5-13(17)6-8-14/h5-8,12H,2-4,9-11H2,1H3,(H,18,21). The second-order valence-electron chi connectivity index (χ2n) is 5.31. The third kappa shape index (κ3) is 4.92. The summed E-state index contributed by atoms with van der Waals surface area (Å²) in [6.07, 6.45) is 2.31. The summed E-state index contributed by atoms with van der Waals surface area (Å²) < 4.78 is 0. The van der Waals surface area contributed by atoms with Crippen molar-refractivity contribution in [2.45, 2.75) is 37.1 Å². The fourth-order valence-electron chi connectivity index (χ4n) is 2.37. The fourth-order valence-corrected chi connectivity index (χ4v) is 3.35. The third-order valence-electron chi connectivity index (χ3n) is 3.66. The lowest BCUT2D eigenvalue weighted by molar-refractivity contribution is -0.136. The minimum absolute atomic E-state index is 0.0632. The van der Waals surface area contributed by atoms with Crippen LogP contribution in [0.5, 0.6) is 0 Å². The first-order valence-corrected chi connectivity index (χ1v) is 8.90. The van der Waals surface area contributed by atoms with Crippen molar-refractivity contribution in [1.29, 1.82) is 0 Å². The zero-order valence-electron chi connectivity index (χ0n) is 12.7. The molecule has 0 aliphatic carbocycles. The van der Waals surface area contributed by atoms with Gasteiger partial charge in [0.2, 0.25) is 11.8 Å². The van der Waals surface area contributed by atoms with E-state index in [1.807, 2.05) is 24.3 Å². The van der Waals surface area contributed by atoms with Gasteiger partial charge in [0, 0.05) is 29.4 Å². The first-order chi connectivity index (χ1) is 10.6. The first-order valence-electron chi connectivity index (χ1n) is 7.53. The van der Waals surface area contributed by atoms with Crippen LogP contribution in [-0.2, 0) is 9.59 Å². The average Bonchev–Trinajstić information content (AvgIpc) is 2.94. The lowest BCUT2D eigenvalue weighted by Gasteiger charge is -2.23. The van der Waals surface area contributed by atoms with Crippen LogP contribution in [0.4, 0.5) is 0 Å². The van der Waals surface area contributed by atoms with Crippen LogP contribution in [0.15, 0.2) is 29.2 Å². The molecule has 0 aromatic heterocycles. The Morgan fingerprint density at radius 3 is 2.77 bits per heavy atom. The average molecular weight is 341 g/mol. The molecule has 2 rings (SSSR count). The number of likely N-dealkylation sites (tertiary alicyclic amines) is 1. The van der Waals surface area contributed by atoms with Crippen LogP contribution in [0.1, 0.15) is 26.2 Å². The normalized spacial score (nSPS) is 15.9. The molecule has 1 aliphatic rings. The summed E-state index contributed by atoms with van der Waals surface area (Å²) in [5.74, 6) is 0.951. The third-order valence-corrected chi connectivity index (χ3v) is 5.01. The van der Waals surface area contributed by atoms with Crippen LogP contribution in [-0.4, -0.2) is 41.6 Å². The van der Waals surface area contributed by atoms with Crippen molar-refractivity contribution in [3.8, 4) is 0 Å². The van der Waals surface area contributed by atoms with Gasteiger partial charge in [-0.1, -0.05) is 11.6 Å². The Hall–Kier alpha value is -1.20. The molecule has 4 nitrogen and oxygen atoms in total. The molecule has 1 atom stereocenters. The predicted molar refractivity (Wildman–Crippen MR) is 90.2 cm³/mol. The molecular weight excluding hydrogens is 320 g/mol. The van der Waals surface area contributed by atoms with E-state index in [9.17, 15) is 9.59 Å². The number of rotatable bonds is 7. The minimum atomic E-state index is -0.362. The number of halogens is 1. The van der Waals surface area contributed by atoms with Crippen LogP contribution in [0.25, 0.3) is 0 Å². The molecular formula is C16H21ClN2O2S. The molecule has 1 aromatic rings. The van der Waals surface area contributed by atoms with Gasteiger partial charge in [0.15, 0.2) is 0 Å². The van der Waals surface area contributed by atoms with Crippen LogP contribution >= 0.6 is 23.4 Å². The van der Waals surface area contributed by atoms with Gasteiger partial charge >= 0.3 is 0 Å². The zero-order chi connectivity index (χ0) is 15.9. The smallest absolute Gasteiger partial charge is 0.242 e. The van der Waals surface area contributed by atoms with Crippen LogP contribution in [0, 0.1) is 0 Å². The highest BCUT2D eigenvalue weighted by Gasteiger charge is 2.28. The summed E-state index contributed by atoms with van der Waals surface area (Å²) in [5, 5.41) is 3.65. The Labute approximate surface area is 140 Å². The molecule has 1 aromatic carbocycles. The molecule has 6 heteroatoms. The highest BCUT2D eigenvalue weighted by Crippen LogP contribution is 2.20. The molecule has 1 fully saturated rings. The molecule has 1 unspecified atom stereocenters.